The van der Waals surface area contributed by atoms with Crippen molar-refractivity contribution in [3.05, 3.63) is 65.6 Å². The van der Waals surface area contributed by atoms with E-state index in [1.165, 1.54) is 12.2 Å². The van der Waals surface area contributed by atoms with Gasteiger partial charge in [-0.25, -0.2) is 4.79 Å². The van der Waals surface area contributed by atoms with Crippen molar-refractivity contribution in [3.63, 3.8) is 0 Å². The Bertz CT molecular complexity index is 787. The highest BCUT2D eigenvalue weighted by Crippen LogP contribution is 2.03. The molecule has 3 N–H and O–H groups in total. The summed E-state index contributed by atoms with van der Waals surface area (Å²) in [6, 6.07) is 8.86. The minimum atomic E-state index is -4.00. The van der Waals surface area contributed by atoms with Crippen molar-refractivity contribution >= 4 is 28.1 Å². The van der Waals surface area contributed by atoms with Crippen molar-refractivity contribution in [1.29, 1.82) is 0 Å². The number of hydrogen-bond acceptors (Lipinski definition) is 4. The molecule has 0 heterocycles. The Morgan fingerprint density at radius 3 is 2.08 bits per heavy atom. The van der Waals surface area contributed by atoms with Gasteiger partial charge in [0.25, 0.3) is 16.0 Å². The van der Waals surface area contributed by atoms with Crippen LogP contribution >= 0.6 is 0 Å². The van der Waals surface area contributed by atoms with Gasteiger partial charge in [-0.2, -0.15) is 8.42 Å². The zero-order valence-corrected chi connectivity index (χ0v) is 15.7. The Balaban J connectivity index is 0.000000485. The number of carboxylic acids is 1. The van der Waals surface area contributed by atoms with Crippen molar-refractivity contribution in [3.8, 4) is 0 Å². The lowest BCUT2D eigenvalue weighted by Gasteiger charge is -2.20. The maximum absolute atomic E-state index is 11.3. The lowest BCUT2D eigenvalue weighted by Crippen LogP contribution is -2.40. The van der Waals surface area contributed by atoms with E-state index in [-0.39, 0.29) is 17.0 Å². The molecule has 142 valence electrons. The Hall–Kier alpha value is -2.71. The third kappa shape index (κ3) is 13.7. The van der Waals surface area contributed by atoms with Crippen LogP contribution in [0.3, 0.4) is 0 Å². The highest BCUT2D eigenvalue weighted by atomic mass is 32.2. The van der Waals surface area contributed by atoms with Crippen LogP contribution in [0.15, 0.2) is 60.0 Å². The molecule has 8 heteroatoms. The number of hydrogen-bond donors (Lipinski definition) is 3. The van der Waals surface area contributed by atoms with Crippen molar-refractivity contribution in [2.75, 3.05) is 0 Å². The van der Waals surface area contributed by atoms with Gasteiger partial charge in [-0.3, -0.25) is 9.35 Å². The number of nitrogens with one attached hydrogen (secondary N) is 1. The molecule has 0 fully saturated rings. The molecule has 1 rings (SSSR count). The van der Waals surface area contributed by atoms with Crippen molar-refractivity contribution in [2.45, 2.75) is 26.3 Å². The maximum atomic E-state index is 11.3. The average Bonchev–Trinajstić information content (AvgIpc) is 2.50. The summed E-state index contributed by atoms with van der Waals surface area (Å²) < 4.78 is 28.9. The summed E-state index contributed by atoms with van der Waals surface area (Å²) in [6.07, 6.45) is 3.38. The highest BCUT2D eigenvalue weighted by Gasteiger charge is 2.14. The molecular formula is C18H23NO6S. The molecule has 1 amide bonds. The molecule has 0 aliphatic carbocycles. The van der Waals surface area contributed by atoms with Gasteiger partial charge >= 0.3 is 5.97 Å². The van der Waals surface area contributed by atoms with Crippen LogP contribution < -0.4 is 5.32 Å². The topological polar surface area (TPSA) is 121 Å². The number of carbonyl (C=O) groups is 2. The Kier molecular flexibility index (Phi) is 9.24. The molecule has 0 aliphatic rings. The SMILES string of the molecule is C=C(C=CC(=O)O)C(=O)NC(C)(C)C.O=S(=O)(O)C=Cc1ccccc1. The standard InChI is InChI=1S/C10H15NO3.C8H8O3S/c1-7(5-6-8(12)13)9(14)11-10(2,3)4;9-12(10,11)7-6-8-4-2-1-3-5-8/h5-6H,1H2,2-4H3,(H,11,14)(H,12,13);1-7H,(H,9,10,11). The van der Waals surface area contributed by atoms with E-state index in [0.29, 0.717) is 0 Å². The number of carboxylic acid groups (broad SMARTS) is 1. The first-order valence-corrected chi connectivity index (χ1v) is 8.93. The molecule has 0 spiro atoms. The Morgan fingerprint density at radius 1 is 1.12 bits per heavy atom. The molecule has 0 saturated heterocycles. The van der Waals surface area contributed by atoms with Crippen molar-refractivity contribution in [2.24, 2.45) is 0 Å². The van der Waals surface area contributed by atoms with Crippen LogP contribution in [0.5, 0.6) is 0 Å². The van der Waals surface area contributed by atoms with Gasteiger partial charge in [-0.1, -0.05) is 36.9 Å². The quantitative estimate of drug-likeness (QED) is 0.410. The van der Waals surface area contributed by atoms with Crippen molar-refractivity contribution in [1.82, 2.24) is 5.32 Å². The lowest BCUT2D eigenvalue weighted by molar-refractivity contribution is -0.131. The molecule has 0 saturated carbocycles. The third-order valence-electron chi connectivity index (χ3n) is 2.44. The molecule has 1 aromatic rings. The number of benzene rings is 1. The largest absolute Gasteiger partial charge is 0.478 e. The van der Waals surface area contributed by atoms with E-state index >= 15 is 0 Å². The molecule has 0 bridgehead atoms. The van der Waals surface area contributed by atoms with Gasteiger partial charge in [0.05, 0.1) is 5.41 Å². The van der Waals surface area contributed by atoms with E-state index in [1.807, 2.05) is 26.8 Å². The van der Waals surface area contributed by atoms with Crippen LogP contribution in [0.1, 0.15) is 26.3 Å². The third-order valence-corrected chi connectivity index (χ3v) is 2.92. The van der Waals surface area contributed by atoms with Gasteiger partial charge in [0.2, 0.25) is 0 Å². The fraction of sp³-hybridized carbons (Fsp3) is 0.222. The molecule has 26 heavy (non-hydrogen) atoms. The summed E-state index contributed by atoms with van der Waals surface area (Å²) in [5.74, 6) is -1.47. The van der Waals surface area contributed by atoms with Gasteiger partial charge in [0, 0.05) is 17.2 Å². The van der Waals surface area contributed by atoms with Crippen molar-refractivity contribution < 1.29 is 27.7 Å². The summed E-state index contributed by atoms with van der Waals surface area (Å²) in [7, 11) is -4.00. The molecule has 0 atom stereocenters. The van der Waals surface area contributed by atoms with Gasteiger partial charge in [-0.15, -0.1) is 0 Å². The monoisotopic (exact) mass is 381 g/mol. The van der Waals surface area contributed by atoms with Crippen LogP contribution in [0, 0.1) is 0 Å². The lowest BCUT2D eigenvalue weighted by atomic mass is 10.1. The second-order valence-electron chi connectivity index (χ2n) is 6.13. The Labute approximate surface area is 153 Å². The predicted octanol–water partition coefficient (Wildman–Crippen LogP) is 2.64. The summed E-state index contributed by atoms with van der Waals surface area (Å²) in [5, 5.41) is 11.7. The minimum Gasteiger partial charge on any atom is -0.478 e. The summed E-state index contributed by atoms with van der Waals surface area (Å²) in [6.45, 7) is 8.95. The minimum absolute atomic E-state index is 0.127. The molecule has 1 aromatic carbocycles. The number of carbonyl (C=O) groups excluding carboxylic acids is 1. The first-order chi connectivity index (χ1) is 11.8. The second-order valence-corrected chi connectivity index (χ2v) is 7.43. The molecule has 7 nitrogen and oxygen atoms in total. The molecular weight excluding hydrogens is 358 g/mol. The highest BCUT2D eigenvalue weighted by molar-refractivity contribution is 7.88. The zero-order valence-electron chi connectivity index (χ0n) is 14.8. The van der Waals surface area contributed by atoms with E-state index in [9.17, 15) is 18.0 Å². The van der Waals surface area contributed by atoms with E-state index in [2.05, 4.69) is 11.9 Å². The first-order valence-electron chi connectivity index (χ1n) is 7.43. The van der Waals surface area contributed by atoms with Gasteiger partial charge < -0.3 is 10.4 Å². The summed E-state index contributed by atoms with van der Waals surface area (Å²) >= 11 is 0. The van der Waals surface area contributed by atoms with Crippen LogP contribution in [-0.4, -0.2) is 35.5 Å². The van der Waals surface area contributed by atoms with E-state index in [1.54, 1.807) is 24.3 Å². The van der Waals surface area contributed by atoms with E-state index in [0.717, 1.165) is 17.0 Å². The van der Waals surface area contributed by atoms with Gasteiger partial charge in [0.15, 0.2) is 0 Å². The van der Waals surface area contributed by atoms with Gasteiger partial charge in [-0.05, 0) is 38.5 Å². The smallest absolute Gasteiger partial charge is 0.328 e. The fourth-order valence-electron chi connectivity index (χ4n) is 1.40. The first kappa shape index (κ1) is 23.3. The predicted molar refractivity (Wildman–Crippen MR) is 101 cm³/mol. The van der Waals surface area contributed by atoms with Gasteiger partial charge in [0.1, 0.15) is 0 Å². The molecule has 0 unspecified atom stereocenters. The van der Waals surface area contributed by atoms with Crippen LogP contribution in [-0.2, 0) is 19.7 Å². The van der Waals surface area contributed by atoms with E-state index < -0.39 is 16.1 Å². The molecule has 0 radical (unpaired) electrons. The van der Waals surface area contributed by atoms with E-state index in [4.69, 9.17) is 9.66 Å². The fourth-order valence-corrected chi connectivity index (χ4v) is 1.73. The van der Waals surface area contributed by atoms with Crippen LogP contribution in [0.4, 0.5) is 0 Å². The summed E-state index contributed by atoms with van der Waals surface area (Å²) in [4.78, 5) is 21.5. The number of amides is 1. The second kappa shape index (κ2) is 10.3. The average molecular weight is 381 g/mol. The molecule has 0 aliphatic heterocycles. The zero-order chi connectivity index (χ0) is 20.4. The normalized spacial score (nSPS) is 11.7. The Morgan fingerprint density at radius 2 is 1.65 bits per heavy atom. The van der Waals surface area contributed by atoms with Crippen LogP contribution in [0.2, 0.25) is 0 Å². The number of aliphatic carboxylic acids is 1. The molecule has 0 aromatic heterocycles. The number of rotatable bonds is 5. The van der Waals surface area contributed by atoms with Crippen LogP contribution in [0.25, 0.3) is 6.08 Å². The summed E-state index contributed by atoms with van der Waals surface area (Å²) in [5.41, 5.74) is 0.509. The maximum Gasteiger partial charge on any atom is 0.328 e.